The zero-order valence-electron chi connectivity index (χ0n) is 12.7. The third-order valence-electron chi connectivity index (χ3n) is 3.98. The molecule has 0 unspecified atom stereocenters. The fourth-order valence-electron chi connectivity index (χ4n) is 2.96. The molecule has 21 heavy (non-hydrogen) atoms. The molecule has 116 valence electrons. The maximum Gasteiger partial charge on any atom is 0.272 e. The predicted molar refractivity (Wildman–Crippen MR) is 83.4 cm³/mol. The lowest BCUT2D eigenvalue weighted by Crippen LogP contribution is -2.43. The Morgan fingerprint density at radius 2 is 2.19 bits per heavy atom. The second-order valence-corrected chi connectivity index (χ2v) is 5.47. The van der Waals surface area contributed by atoms with Crippen molar-refractivity contribution in [2.45, 2.75) is 45.1 Å². The number of nitrogens with one attached hydrogen (secondary N) is 1. The van der Waals surface area contributed by atoms with Gasteiger partial charge in [0.1, 0.15) is 5.69 Å². The summed E-state index contributed by atoms with van der Waals surface area (Å²) in [7, 11) is 0. The number of hydrogen-bond acceptors (Lipinski definition) is 4. The largest absolute Gasteiger partial charge is 0.395 e. The van der Waals surface area contributed by atoms with Gasteiger partial charge in [-0.25, -0.2) is 0 Å². The van der Waals surface area contributed by atoms with Gasteiger partial charge in [-0.05, 0) is 31.9 Å². The highest BCUT2D eigenvalue weighted by Gasteiger charge is 2.26. The lowest BCUT2D eigenvalue weighted by Gasteiger charge is -2.33. The Hall–Kier alpha value is -1.62. The van der Waals surface area contributed by atoms with Gasteiger partial charge in [0.15, 0.2) is 0 Å². The number of carbonyl (C=O) groups excluding carboxylic acids is 1. The van der Waals surface area contributed by atoms with Gasteiger partial charge in [0.05, 0.1) is 6.61 Å². The standard InChI is InChI=1S/C16H25N3O2/c1-2-17-13-8-9-18-15(12-13)16(21)19(10-11-20)14-6-4-3-5-7-14/h8-9,12,14,20H,2-7,10-11H2,1H3,(H,17,18). The molecule has 5 heteroatoms. The molecule has 0 saturated heterocycles. The Bertz CT molecular complexity index is 459. The maximum absolute atomic E-state index is 12.7. The second-order valence-electron chi connectivity index (χ2n) is 5.47. The van der Waals surface area contributed by atoms with Gasteiger partial charge in [0.25, 0.3) is 5.91 Å². The molecule has 1 amide bonds. The summed E-state index contributed by atoms with van der Waals surface area (Å²) in [6, 6.07) is 3.89. The number of pyridine rings is 1. The summed E-state index contributed by atoms with van der Waals surface area (Å²) in [4.78, 5) is 18.7. The molecular weight excluding hydrogens is 266 g/mol. The van der Waals surface area contributed by atoms with Crippen LogP contribution in [0.25, 0.3) is 0 Å². The van der Waals surface area contributed by atoms with Crippen LogP contribution in [0.15, 0.2) is 18.3 Å². The van der Waals surface area contributed by atoms with E-state index in [2.05, 4.69) is 10.3 Å². The number of aliphatic hydroxyl groups excluding tert-OH is 1. The van der Waals surface area contributed by atoms with E-state index >= 15 is 0 Å². The van der Waals surface area contributed by atoms with E-state index in [0.717, 1.165) is 37.9 Å². The molecule has 0 aromatic carbocycles. The van der Waals surface area contributed by atoms with Crippen molar-refractivity contribution in [3.05, 3.63) is 24.0 Å². The van der Waals surface area contributed by atoms with Gasteiger partial charge in [0, 0.05) is 31.0 Å². The molecule has 0 bridgehead atoms. The first kappa shape index (κ1) is 15.8. The first-order valence-corrected chi connectivity index (χ1v) is 7.88. The molecule has 0 aliphatic heterocycles. The van der Waals surface area contributed by atoms with Crippen LogP contribution < -0.4 is 5.32 Å². The first-order chi connectivity index (χ1) is 10.3. The van der Waals surface area contributed by atoms with Crippen LogP contribution in [0.5, 0.6) is 0 Å². The quantitative estimate of drug-likeness (QED) is 0.844. The summed E-state index contributed by atoms with van der Waals surface area (Å²) in [5, 5.41) is 12.5. The van der Waals surface area contributed by atoms with Crippen LogP contribution in [0.2, 0.25) is 0 Å². The van der Waals surface area contributed by atoms with Crippen molar-refractivity contribution in [2.24, 2.45) is 0 Å². The Morgan fingerprint density at radius 1 is 1.43 bits per heavy atom. The smallest absolute Gasteiger partial charge is 0.272 e. The molecule has 1 aliphatic rings. The summed E-state index contributed by atoms with van der Waals surface area (Å²) < 4.78 is 0. The molecule has 1 aromatic heterocycles. The van der Waals surface area contributed by atoms with Gasteiger partial charge < -0.3 is 15.3 Å². The monoisotopic (exact) mass is 291 g/mol. The molecule has 0 radical (unpaired) electrons. The van der Waals surface area contributed by atoms with Crippen LogP contribution in [0, 0.1) is 0 Å². The summed E-state index contributed by atoms with van der Waals surface area (Å²) in [5.41, 5.74) is 1.36. The van der Waals surface area contributed by atoms with E-state index in [-0.39, 0.29) is 18.6 Å². The van der Waals surface area contributed by atoms with E-state index in [9.17, 15) is 9.90 Å². The summed E-state index contributed by atoms with van der Waals surface area (Å²) in [6.07, 6.45) is 7.27. The van der Waals surface area contributed by atoms with Crippen molar-refractivity contribution in [1.29, 1.82) is 0 Å². The normalized spacial score (nSPS) is 15.7. The van der Waals surface area contributed by atoms with Gasteiger partial charge in [-0.2, -0.15) is 0 Å². The lowest BCUT2D eigenvalue weighted by molar-refractivity contribution is 0.0579. The Kier molecular flexibility index (Phi) is 5.99. The molecule has 0 atom stereocenters. The van der Waals surface area contributed by atoms with E-state index in [4.69, 9.17) is 0 Å². The summed E-state index contributed by atoms with van der Waals surface area (Å²) in [5.74, 6) is -0.0734. The van der Waals surface area contributed by atoms with Crippen molar-refractivity contribution < 1.29 is 9.90 Å². The average Bonchev–Trinajstić information content (AvgIpc) is 2.53. The maximum atomic E-state index is 12.7. The molecule has 1 aliphatic carbocycles. The minimum absolute atomic E-state index is 0.00482. The van der Waals surface area contributed by atoms with Crippen LogP contribution in [-0.4, -0.2) is 46.6 Å². The number of carbonyl (C=O) groups is 1. The van der Waals surface area contributed by atoms with Crippen molar-refractivity contribution in [1.82, 2.24) is 9.88 Å². The molecule has 1 aromatic rings. The number of rotatable bonds is 6. The van der Waals surface area contributed by atoms with E-state index in [1.165, 1.54) is 6.42 Å². The molecule has 1 heterocycles. The Morgan fingerprint density at radius 3 is 2.86 bits per heavy atom. The molecular formula is C16H25N3O2. The minimum atomic E-state index is -0.0734. The number of amides is 1. The van der Waals surface area contributed by atoms with Gasteiger partial charge >= 0.3 is 0 Å². The number of nitrogens with zero attached hydrogens (tertiary/aromatic N) is 2. The van der Waals surface area contributed by atoms with E-state index in [0.29, 0.717) is 12.2 Å². The highest BCUT2D eigenvalue weighted by molar-refractivity contribution is 5.93. The molecule has 2 N–H and O–H groups in total. The van der Waals surface area contributed by atoms with Crippen LogP contribution in [0.4, 0.5) is 5.69 Å². The fourth-order valence-corrected chi connectivity index (χ4v) is 2.96. The van der Waals surface area contributed by atoms with Gasteiger partial charge in [-0.1, -0.05) is 19.3 Å². The summed E-state index contributed by atoms with van der Waals surface area (Å²) in [6.45, 7) is 3.20. The topological polar surface area (TPSA) is 65.5 Å². The van der Waals surface area contributed by atoms with Crippen LogP contribution in [-0.2, 0) is 0 Å². The van der Waals surface area contributed by atoms with Crippen molar-refractivity contribution >= 4 is 11.6 Å². The van der Waals surface area contributed by atoms with Crippen LogP contribution >= 0.6 is 0 Å². The van der Waals surface area contributed by atoms with Crippen LogP contribution in [0.3, 0.4) is 0 Å². The second kappa shape index (κ2) is 7.98. The molecule has 5 nitrogen and oxygen atoms in total. The average molecular weight is 291 g/mol. The SMILES string of the molecule is CCNc1ccnc(C(=O)N(CCO)C2CCCCC2)c1. The number of aliphatic hydroxyl groups is 1. The zero-order chi connectivity index (χ0) is 15.1. The van der Waals surface area contributed by atoms with E-state index in [1.54, 1.807) is 17.2 Å². The molecule has 1 fully saturated rings. The molecule has 0 spiro atoms. The van der Waals surface area contributed by atoms with Crippen molar-refractivity contribution in [2.75, 3.05) is 25.0 Å². The number of anilines is 1. The zero-order valence-corrected chi connectivity index (χ0v) is 12.7. The fraction of sp³-hybridized carbons (Fsp3) is 0.625. The number of aromatic nitrogens is 1. The Labute approximate surface area is 126 Å². The van der Waals surface area contributed by atoms with E-state index in [1.807, 2.05) is 13.0 Å². The third-order valence-corrected chi connectivity index (χ3v) is 3.98. The van der Waals surface area contributed by atoms with Crippen molar-refractivity contribution in [3.8, 4) is 0 Å². The predicted octanol–water partition coefficient (Wildman–Crippen LogP) is 2.28. The van der Waals surface area contributed by atoms with E-state index < -0.39 is 0 Å². The minimum Gasteiger partial charge on any atom is -0.395 e. The number of hydrogen-bond donors (Lipinski definition) is 2. The van der Waals surface area contributed by atoms with Gasteiger partial charge in [-0.3, -0.25) is 9.78 Å². The molecule has 1 saturated carbocycles. The third kappa shape index (κ3) is 4.17. The molecule has 2 rings (SSSR count). The Balaban J connectivity index is 2.14. The lowest BCUT2D eigenvalue weighted by atomic mass is 9.94. The summed E-state index contributed by atoms with van der Waals surface area (Å²) >= 11 is 0. The first-order valence-electron chi connectivity index (χ1n) is 7.88. The highest BCUT2D eigenvalue weighted by atomic mass is 16.3. The van der Waals surface area contributed by atoms with Crippen LogP contribution in [0.1, 0.15) is 49.5 Å². The van der Waals surface area contributed by atoms with Gasteiger partial charge in [-0.15, -0.1) is 0 Å². The highest BCUT2D eigenvalue weighted by Crippen LogP contribution is 2.24. The van der Waals surface area contributed by atoms with Crippen molar-refractivity contribution in [3.63, 3.8) is 0 Å². The van der Waals surface area contributed by atoms with Gasteiger partial charge in [0.2, 0.25) is 0 Å².